The second-order valence-electron chi connectivity index (χ2n) is 5.94. The first-order valence-corrected chi connectivity index (χ1v) is 7.34. The van der Waals surface area contributed by atoms with Crippen LogP contribution in [0.3, 0.4) is 0 Å². The Morgan fingerprint density at radius 2 is 1.72 bits per heavy atom. The van der Waals surface area contributed by atoms with Crippen molar-refractivity contribution in [3.05, 3.63) is 0 Å². The summed E-state index contributed by atoms with van der Waals surface area (Å²) in [5.74, 6) is 0. The molecule has 4 nitrogen and oxygen atoms in total. The molecule has 1 N–H and O–H groups in total. The van der Waals surface area contributed by atoms with Crippen molar-refractivity contribution in [2.75, 3.05) is 67.5 Å². The average Bonchev–Trinajstić information content (AvgIpc) is 2.34. The minimum absolute atomic E-state index is 0.800. The summed E-state index contributed by atoms with van der Waals surface area (Å²) >= 11 is 0. The highest BCUT2D eigenvalue weighted by atomic mass is 15.2. The maximum atomic E-state index is 3.54. The number of nitrogens with one attached hydrogen (secondary N) is 1. The third-order valence-electron chi connectivity index (χ3n) is 3.85. The smallest absolute Gasteiger partial charge is 0.0113 e. The predicted molar refractivity (Wildman–Crippen MR) is 79.2 cm³/mol. The second kappa shape index (κ2) is 8.86. The van der Waals surface area contributed by atoms with E-state index in [0.29, 0.717) is 0 Å². The molecule has 1 aliphatic heterocycles. The molecule has 0 atom stereocenters. The van der Waals surface area contributed by atoms with Crippen molar-refractivity contribution in [3.8, 4) is 0 Å². The Bertz CT molecular complexity index is 198. The summed E-state index contributed by atoms with van der Waals surface area (Å²) < 4.78 is 0. The van der Waals surface area contributed by atoms with Crippen LogP contribution in [0.15, 0.2) is 0 Å². The summed E-state index contributed by atoms with van der Waals surface area (Å²) in [6, 6.07) is 0.800. The van der Waals surface area contributed by atoms with E-state index in [1.165, 1.54) is 45.4 Å². The highest BCUT2D eigenvalue weighted by Gasteiger charge is 2.19. The van der Waals surface area contributed by atoms with Crippen molar-refractivity contribution < 1.29 is 0 Å². The quantitative estimate of drug-likeness (QED) is 0.640. The number of likely N-dealkylation sites (tertiary alicyclic amines) is 1. The molecule has 0 aromatic carbocycles. The van der Waals surface area contributed by atoms with Gasteiger partial charge in [-0.2, -0.15) is 0 Å². The molecule has 0 unspecified atom stereocenters. The molecule has 0 saturated carbocycles. The summed E-state index contributed by atoms with van der Waals surface area (Å²) in [7, 11) is 8.67. The summed E-state index contributed by atoms with van der Waals surface area (Å²) in [5.41, 5.74) is 0. The molecule has 1 aliphatic rings. The van der Waals surface area contributed by atoms with Crippen molar-refractivity contribution in [1.82, 2.24) is 20.0 Å². The molecule has 1 rings (SSSR count). The van der Waals surface area contributed by atoms with Crippen LogP contribution in [0.2, 0.25) is 0 Å². The predicted octanol–water partition coefficient (Wildman–Crippen LogP) is 0.554. The third-order valence-corrected chi connectivity index (χ3v) is 3.85. The average molecular weight is 256 g/mol. The van der Waals surface area contributed by atoms with Gasteiger partial charge in [0.15, 0.2) is 0 Å². The molecule has 18 heavy (non-hydrogen) atoms. The fraction of sp³-hybridized carbons (Fsp3) is 1.00. The maximum absolute atomic E-state index is 3.54. The van der Waals surface area contributed by atoms with Crippen molar-refractivity contribution >= 4 is 0 Å². The van der Waals surface area contributed by atoms with Crippen LogP contribution in [-0.4, -0.2) is 88.2 Å². The van der Waals surface area contributed by atoms with E-state index in [2.05, 4.69) is 48.2 Å². The first-order chi connectivity index (χ1) is 8.59. The molecule has 0 amide bonds. The van der Waals surface area contributed by atoms with Gasteiger partial charge in [0.25, 0.3) is 0 Å². The molecule has 0 bridgehead atoms. The molecule has 0 aliphatic carbocycles. The highest BCUT2D eigenvalue weighted by molar-refractivity contribution is 4.77. The molecular formula is C14H32N4. The second-order valence-corrected chi connectivity index (χ2v) is 5.94. The molecule has 0 aromatic heterocycles. The number of hydrogen-bond donors (Lipinski definition) is 1. The number of piperidine rings is 1. The zero-order valence-electron chi connectivity index (χ0n) is 12.8. The van der Waals surface area contributed by atoms with E-state index in [9.17, 15) is 0 Å². The normalized spacial score (nSPS) is 19.0. The van der Waals surface area contributed by atoms with Gasteiger partial charge in [0.2, 0.25) is 0 Å². The van der Waals surface area contributed by atoms with Crippen molar-refractivity contribution in [3.63, 3.8) is 0 Å². The van der Waals surface area contributed by atoms with Crippen LogP contribution in [0.25, 0.3) is 0 Å². The summed E-state index contributed by atoms with van der Waals surface area (Å²) in [6.07, 6.45) is 3.90. The zero-order chi connectivity index (χ0) is 13.4. The molecule has 1 heterocycles. The van der Waals surface area contributed by atoms with E-state index in [1.54, 1.807) is 0 Å². The Balaban J connectivity index is 1.95. The van der Waals surface area contributed by atoms with Crippen molar-refractivity contribution in [2.45, 2.75) is 25.3 Å². The maximum Gasteiger partial charge on any atom is 0.0113 e. The summed E-state index contributed by atoms with van der Waals surface area (Å²) in [5, 5.41) is 3.54. The minimum atomic E-state index is 0.800. The van der Waals surface area contributed by atoms with Crippen LogP contribution in [-0.2, 0) is 0 Å². The highest BCUT2D eigenvalue weighted by Crippen LogP contribution is 2.13. The van der Waals surface area contributed by atoms with Crippen LogP contribution in [0, 0.1) is 0 Å². The van der Waals surface area contributed by atoms with Gasteiger partial charge in [-0.15, -0.1) is 0 Å². The van der Waals surface area contributed by atoms with Gasteiger partial charge in [-0.3, -0.25) is 0 Å². The number of nitrogens with zero attached hydrogens (tertiary/aromatic N) is 3. The van der Waals surface area contributed by atoms with E-state index in [4.69, 9.17) is 0 Å². The van der Waals surface area contributed by atoms with E-state index in [0.717, 1.165) is 19.1 Å². The first kappa shape index (κ1) is 15.9. The van der Waals surface area contributed by atoms with Gasteiger partial charge in [-0.1, -0.05) is 0 Å². The van der Waals surface area contributed by atoms with E-state index >= 15 is 0 Å². The SMILES string of the molecule is CN(C)CCCNCCN1CCC(N(C)C)CC1. The Kier molecular flexibility index (Phi) is 7.82. The van der Waals surface area contributed by atoms with Gasteiger partial charge in [0, 0.05) is 19.1 Å². The standard InChI is InChI=1S/C14H32N4/c1-16(2)10-5-8-15-9-13-18-11-6-14(7-12-18)17(3)4/h14-15H,5-13H2,1-4H3. The molecule has 4 heteroatoms. The molecule has 0 aromatic rings. The molecular weight excluding hydrogens is 224 g/mol. The Morgan fingerprint density at radius 3 is 2.28 bits per heavy atom. The van der Waals surface area contributed by atoms with Crippen LogP contribution in [0.5, 0.6) is 0 Å². The van der Waals surface area contributed by atoms with Gasteiger partial charge < -0.3 is 20.0 Å². The molecule has 1 fully saturated rings. The van der Waals surface area contributed by atoms with Crippen molar-refractivity contribution in [1.29, 1.82) is 0 Å². The Morgan fingerprint density at radius 1 is 1.06 bits per heavy atom. The zero-order valence-corrected chi connectivity index (χ0v) is 12.8. The van der Waals surface area contributed by atoms with Gasteiger partial charge in [0.05, 0.1) is 0 Å². The lowest BCUT2D eigenvalue weighted by atomic mass is 10.0. The topological polar surface area (TPSA) is 21.8 Å². The minimum Gasteiger partial charge on any atom is -0.315 e. The van der Waals surface area contributed by atoms with Gasteiger partial charge in [-0.25, -0.2) is 0 Å². The molecule has 0 radical (unpaired) electrons. The third kappa shape index (κ3) is 6.69. The number of hydrogen-bond acceptors (Lipinski definition) is 4. The fourth-order valence-electron chi connectivity index (χ4n) is 2.54. The lowest BCUT2D eigenvalue weighted by molar-refractivity contribution is 0.145. The van der Waals surface area contributed by atoms with Crippen LogP contribution < -0.4 is 5.32 Å². The number of rotatable bonds is 8. The summed E-state index contributed by atoms with van der Waals surface area (Å²) in [6.45, 7) is 7.21. The molecule has 108 valence electrons. The van der Waals surface area contributed by atoms with Crippen LogP contribution in [0.1, 0.15) is 19.3 Å². The van der Waals surface area contributed by atoms with Gasteiger partial charge in [-0.05, 0) is 73.6 Å². The Hall–Kier alpha value is -0.160. The molecule has 1 saturated heterocycles. The van der Waals surface area contributed by atoms with Crippen molar-refractivity contribution in [2.24, 2.45) is 0 Å². The monoisotopic (exact) mass is 256 g/mol. The lowest BCUT2D eigenvalue weighted by Gasteiger charge is -2.35. The van der Waals surface area contributed by atoms with Crippen LogP contribution >= 0.6 is 0 Å². The van der Waals surface area contributed by atoms with E-state index in [-0.39, 0.29) is 0 Å². The largest absolute Gasteiger partial charge is 0.315 e. The molecule has 0 spiro atoms. The van der Waals surface area contributed by atoms with E-state index in [1.807, 2.05) is 0 Å². The van der Waals surface area contributed by atoms with Gasteiger partial charge in [0.1, 0.15) is 0 Å². The van der Waals surface area contributed by atoms with Gasteiger partial charge >= 0.3 is 0 Å². The Labute approximate surface area is 113 Å². The first-order valence-electron chi connectivity index (χ1n) is 7.34. The summed E-state index contributed by atoms with van der Waals surface area (Å²) in [4.78, 5) is 7.21. The lowest BCUT2D eigenvalue weighted by Crippen LogP contribution is -2.44. The van der Waals surface area contributed by atoms with Crippen LogP contribution in [0.4, 0.5) is 0 Å². The fourth-order valence-corrected chi connectivity index (χ4v) is 2.54. The van der Waals surface area contributed by atoms with E-state index < -0.39 is 0 Å².